The zero-order chi connectivity index (χ0) is 25.3. The van der Waals surface area contributed by atoms with Crippen molar-refractivity contribution < 1.29 is 38.2 Å². The Morgan fingerprint density at radius 1 is 0.941 bits per heavy atom. The molecule has 4 N–H and O–H groups in total. The van der Waals surface area contributed by atoms with Crippen LogP contribution < -0.4 is 16.4 Å². The predicted octanol–water partition coefficient (Wildman–Crippen LogP) is 2.19. The molecule has 0 unspecified atom stereocenters. The standard InChI is InChI=1S/C22H22ClN3O8/c1-32-20(29)13-7-14(21(30)33-2)9-16(8-13)25-18(27)11-34-19(28)10-17(26-22(24)31)12-3-5-15(23)6-4-12/h3-9,17H,10-11H2,1-2H3,(H,25,27)(H3,24,26,31)/t17-/m0/s1. The summed E-state index contributed by atoms with van der Waals surface area (Å²) in [6.45, 7) is -0.668. The highest BCUT2D eigenvalue weighted by atomic mass is 35.5. The van der Waals surface area contributed by atoms with Crippen molar-refractivity contribution in [2.75, 3.05) is 26.1 Å². The average Bonchev–Trinajstić information content (AvgIpc) is 2.81. The monoisotopic (exact) mass is 491 g/mol. The molecule has 0 aliphatic rings. The molecular weight excluding hydrogens is 470 g/mol. The van der Waals surface area contributed by atoms with Crippen LogP contribution in [-0.4, -0.2) is 50.7 Å². The van der Waals surface area contributed by atoms with Gasteiger partial charge >= 0.3 is 23.9 Å². The number of hydrogen-bond acceptors (Lipinski definition) is 8. The van der Waals surface area contributed by atoms with E-state index in [2.05, 4.69) is 20.1 Å². The van der Waals surface area contributed by atoms with Crippen molar-refractivity contribution in [3.63, 3.8) is 0 Å². The minimum Gasteiger partial charge on any atom is -0.465 e. The number of carbonyl (C=O) groups excluding carboxylic acids is 5. The molecule has 12 heteroatoms. The first-order valence-corrected chi connectivity index (χ1v) is 10.1. The van der Waals surface area contributed by atoms with Crippen molar-refractivity contribution in [2.24, 2.45) is 5.73 Å². The minimum absolute atomic E-state index is 0.000951. The number of urea groups is 1. The zero-order valence-electron chi connectivity index (χ0n) is 18.3. The van der Waals surface area contributed by atoms with Gasteiger partial charge in [0.2, 0.25) is 0 Å². The first kappa shape index (κ1) is 26.1. The van der Waals surface area contributed by atoms with Crippen LogP contribution in [0.15, 0.2) is 42.5 Å². The van der Waals surface area contributed by atoms with E-state index in [1.54, 1.807) is 24.3 Å². The number of esters is 3. The van der Waals surface area contributed by atoms with E-state index in [-0.39, 0.29) is 23.2 Å². The molecule has 0 aliphatic carbocycles. The summed E-state index contributed by atoms with van der Waals surface area (Å²) in [5.74, 6) is -3.00. The van der Waals surface area contributed by atoms with Gasteiger partial charge in [-0.25, -0.2) is 14.4 Å². The molecule has 0 radical (unpaired) electrons. The van der Waals surface area contributed by atoms with Crippen LogP contribution in [0.25, 0.3) is 0 Å². The predicted molar refractivity (Wildman–Crippen MR) is 120 cm³/mol. The van der Waals surface area contributed by atoms with Gasteiger partial charge in [0, 0.05) is 10.7 Å². The second kappa shape index (κ2) is 12.2. The first-order valence-electron chi connectivity index (χ1n) is 9.71. The Bertz CT molecular complexity index is 1050. The van der Waals surface area contributed by atoms with E-state index < -0.39 is 42.5 Å². The van der Waals surface area contributed by atoms with Crippen LogP contribution in [0, 0.1) is 0 Å². The quantitative estimate of drug-likeness (QED) is 0.355. The van der Waals surface area contributed by atoms with Gasteiger partial charge < -0.3 is 30.6 Å². The van der Waals surface area contributed by atoms with Gasteiger partial charge in [-0.15, -0.1) is 0 Å². The lowest BCUT2D eigenvalue weighted by atomic mass is 10.0. The first-order chi connectivity index (χ1) is 16.1. The van der Waals surface area contributed by atoms with Gasteiger partial charge in [0.1, 0.15) is 0 Å². The molecule has 0 fully saturated rings. The summed E-state index contributed by atoms with van der Waals surface area (Å²) in [5, 5.41) is 5.31. The van der Waals surface area contributed by atoms with E-state index in [9.17, 15) is 24.0 Å². The van der Waals surface area contributed by atoms with Gasteiger partial charge in [-0.3, -0.25) is 9.59 Å². The maximum Gasteiger partial charge on any atom is 0.337 e. The highest BCUT2D eigenvalue weighted by Crippen LogP contribution is 2.20. The molecule has 0 saturated carbocycles. The molecule has 0 aromatic heterocycles. The highest BCUT2D eigenvalue weighted by Gasteiger charge is 2.20. The summed E-state index contributed by atoms with van der Waals surface area (Å²) in [4.78, 5) is 59.5. The molecule has 0 aliphatic heterocycles. The number of anilines is 1. The van der Waals surface area contributed by atoms with E-state index in [0.29, 0.717) is 10.6 Å². The van der Waals surface area contributed by atoms with Crippen LogP contribution in [-0.2, 0) is 23.8 Å². The molecule has 11 nitrogen and oxygen atoms in total. The van der Waals surface area contributed by atoms with E-state index in [1.807, 2.05) is 0 Å². The number of hydrogen-bond donors (Lipinski definition) is 3. The lowest BCUT2D eigenvalue weighted by molar-refractivity contribution is -0.147. The average molecular weight is 492 g/mol. The Morgan fingerprint density at radius 3 is 2.00 bits per heavy atom. The maximum atomic E-state index is 12.3. The Labute approximate surface area is 199 Å². The third-order valence-corrected chi connectivity index (χ3v) is 4.63. The number of amides is 3. The second-order valence-electron chi connectivity index (χ2n) is 6.81. The molecule has 3 amide bonds. The number of halogens is 1. The van der Waals surface area contributed by atoms with E-state index in [0.717, 1.165) is 14.2 Å². The summed E-state index contributed by atoms with van der Waals surface area (Å²) in [5.41, 5.74) is 5.81. The van der Waals surface area contributed by atoms with Gasteiger partial charge in [-0.05, 0) is 35.9 Å². The van der Waals surface area contributed by atoms with Crippen molar-refractivity contribution in [1.29, 1.82) is 0 Å². The molecule has 1 atom stereocenters. The minimum atomic E-state index is -0.850. The lowest BCUT2D eigenvalue weighted by Gasteiger charge is -2.17. The number of primary amides is 1. The number of methoxy groups -OCH3 is 2. The van der Waals surface area contributed by atoms with Crippen LogP contribution >= 0.6 is 11.6 Å². The second-order valence-corrected chi connectivity index (χ2v) is 7.24. The molecule has 180 valence electrons. The fourth-order valence-electron chi connectivity index (χ4n) is 2.86. The van der Waals surface area contributed by atoms with Gasteiger partial charge in [0.25, 0.3) is 5.91 Å². The van der Waals surface area contributed by atoms with Crippen molar-refractivity contribution in [3.8, 4) is 0 Å². The summed E-state index contributed by atoms with van der Waals surface area (Å²) in [6, 6.07) is 8.54. The molecule has 2 rings (SSSR count). The number of benzene rings is 2. The molecular formula is C22H22ClN3O8. The Hall–Kier alpha value is -4.12. The fourth-order valence-corrected chi connectivity index (χ4v) is 2.98. The summed E-state index contributed by atoms with van der Waals surface area (Å²) >= 11 is 5.85. The number of nitrogens with one attached hydrogen (secondary N) is 2. The Kier molecular flexibility index (Phi) is 9.38. The van der Waals surface area contributed by atoms with Crippen molar-refractivity contribution >= 4 is 47.1 Å². The summed E-state index contributed by atoms with van der Waals surface area (Å²) < 4.78 is 14.2. The third-order valence-electron chi connectivity index (χ3n) is 4.38. The van der Waals surface area contributed by atoms with Gasteiger partial charge in [0.05, 0.1) is 37.8 Å². The zero-order valence-corrected chi connectivity index (χ0v) is 19.0. The largest absolute Gasteiger partial charge is 0.465 e. The molecule has 2 aromatic carbocycles. The van der Waals surface area contributed by atoms with Crippen LogP contribution in [0.1, 0.15) is 38.7 Å². The van der Waals surface area contributed by atoms with Crippen molar-refractivity contribution in [1.82, 2.24) is 5.32 Å². The smallest absolute Gasteiger partial charge is 0.337 e. The van der Waals surface area contributed by atoms with Crippen LogP contribution in [0.2, 0.25) is 5.02 Å². The number of rotatable bonds is 9. The van der Waals surface area contributed by atoms with E-state index >= 15 is 0 Å². The van der Waals surface area contributed by atoms with Gasteiger partial charge in [0.15, 0.2) is 6.61 Å². The van der Waals surface area contributed by atoms with E-state index in [4.69, 9.17) is 22.1 Å². The summed E-state index contributed by atoms with van der Waals surface area (Å²) in [6.07, 6.45) is -0.303. The van der Waals surface area contributed by atoms with Crippen LogP contribution in [0.4, 0.5) is 10.5 Å². The topological polar surface area (TPSA) is 163 Å². The van der Waals surface area contributed by atoms with Crippen molar-refractivity contribution in [3.05, 3.63) is 64.2 Å². The maximum absolute atomic E-state index is 12.3. The van der Waals surface area contributed by atoms with Crippen LogP contribution in [0.3, 0.4) is 0 Å². The Morgan fingerprint density at radius 2 is 1.50 bits per heavy atom. The molecule has 0 bridgehead atoms. The Balaban J connectivity index is 2.03. The molecule has 0 heterocycles. The van der Waals surface area contributed by atoms with Crippen LogP contribution in [0.5, 0.6) is 0 Å². The molecule has 0 saturated heterocycles. The fraction of sp³-hybridized carbons (Fsp3) is 0.227. The van der Waals surface area contributed by atoms with Gasteiger partial charge in [-0.1, -0.05) is 23.7 Å². The SMILES string of the molecule is COC(=O)c1cc(NC(=O)COC(=O)C[C@H](NC(N)=O)c2ccc(Cl)cc2)cc(C(=O)OC)c1. The molecule has 2 aromatic rings. The lowest BCUT2D eigenvalue weighted by Crippen LogP contribution is -2.35. The van der Waals surface area contributed by atoms with Gasteiger partial charge in [-0.2, -0.15) is 0 Å². The summed E-state index contributed by atoms with van der Waals surface area (Å²) in [7, 11) is 2.32. The molecule has 0 spiro atoms. The number of nitrogens with two attached hydrogens (primary N) is 1. The van der Waals surface area contributed by atoms with Crippen molar-refractivity contribution in [2.45, 2.75) is 12.5 Å². The number of ether oxygens (including phenoxy) is 3. The van der Waals surface area contributed by atoms with E-state index in [1.165, 1.54) is 18.2 Å². The normalized spacial score (nSPS) is 11.0. The number of carbonyl (C=O) groups is 5. The highest BCUT2D eigenvalue weighted by molar-refractivity contribution is 6.30. The molecule has 34 heavy (non-hydrogen) atoms. The third kappa shape index (κ3) is 7.78.